The van der Waals surface area contributed by atoms with E-state index in [0.29, 0.717) is 32.5 Å². The van der Waals surface area contributed by atoms with Crippen LogP contribution >= 0.6 is 0 Å². The average molecular weight is 354 g/mol. The minimum absolute atomic E-state index is 0.00395. The Morgan fingerprint density at radius 2 is 1.88 bits per heavy atom. The molecular formula is C17H26N2O4S. The quantitative estimate of drug-likeness (QED) is 0.741. The van der Waals surface area contributed by atoms with Gasteiger partial charge in [-0.25, -0.2) is 12.7 Å². The molecule has 0 saturated carbocycles. The molecule has 6 nitrogen and oxygen atoms in total. The van der Waals surface area contributed by atoms with Gasteiger partial charge in [-0.1, -0.05) is 30.3 Å². The third kappa shape index (κ3) is 5.03. The summed E-state index contributed by atoms with van der Waals surface area (Å²) >= 11 is 0. The number of carbonyl (C=O) groups excluding carboxylic acids is 1. The largest absolute Gasteiger partial charge is 0.384 e. The predicted octanol–water partition coefficient (Wildman–Crippen LogP) is 1.33. The highest BCUT2D eigenvalue weighted by Crippen LogP contribution is 2.22. The van der Waals surface area contributed by atoms with Gasteiger partial charge in [0.1, 0.15) is 0 Å². The molecule has 7 heteroatoms. The summed E-state index contributed by atoms with van der Waals surface area (Å²) in [4.78, 5) is 14.3. The monoisotopic (exact) mass is 354 g/mol. The first kappa shape index (κ1) is 18.9. The topological polar surface area (TPSA) is 66.9 Å². The number of hydrogen-bond acceptors (Lipinski definition) is 4. The molecule has 0 aromatic heterocycles. The maximum atomic E-state index is 12.6. The molecule has 2 rings (SSSR count). The molecule has 24 heavy (non-hydrogen) atoms. The van der Waals surface area contributed by atoms with Gasteiger partial charge in [0.2, 0.25) is 15.9 Å². The van der Waals surface area contributed by atoms with Crippen LogP contribution < -0.4 is 0 Å². The normalized spacial score (nSPS) is 16.9. The Bertz CT molecular complexity index is 625. The van der Waals surface area contributed by atoms with Gasteiger partial charge in [0.05, 0.1) is 12.4 Å². The summed E-state index contributed by atoms with van der Waals surface area (Å²) in [5.74, 6) is -0.0175. The molecule has 0 aliphatic carbocycles. The number of carbonyl (C=O) groups is 1. The van der Waals surface area contributed by atoms with Crippen LogP contribution in [0.2, 0.25) is 0 Å². The van der Waals surface area contributed by atoms with Crippen molar-refractivity contribution in [1.29, 1.82) is 0 Å². The molecule has 0 N–H and O–H groups in total. The van der Waals surface area contributed by atoms with Crippen LogP contribution in [0, 0.1) is 5.92 Å². The van der Waals surface area contributed by atoms with E-state index in [1.165, 1.54) is 11.4 Å². The van der Waals surface area contributed by atoms with Gasteiger partial charge >= 0.3 is 0 Å². The lowest BCUT2D eigenvalue weighted by atomic mass is 9.96. The lowest BCUT2D eigenvalue weighted by Gasteiger charge is -2.32. The van der Waals surface area contributed by atoms with Crippen LogP contribution in [0.15, 0.2) is 30.3 Å². The summed E-state index contributed by atoms with van der Waals surface area (Å²) in [6, 6.07) is 9.85. The third-order valence-corrected chi connectivity index (χ3v) is 6.22. The minimum atomic E-state index is -3.28. The summed E-state index contributed by atoms with van der Waals surface area (Å²) in [5.41, 5.74) is 1.09. The van der Waals surface area contributed by atoms with Crippen molar-refractivity contribution in [2.45, 2.75) is 19.4 Å². The molecule has 0 radical (unpaired) electrons. The summed E-state index contributed by atoms with van der Waals surface area (Å²) < 4.78 is 30.6. The lowest BCUT2D eigenvalue weighted by Crippen LogP contribution is -2.44. The Morgan fingerprint density at radius 3 is 2.46 bits per heavy atom. The van der Waals surface area contributed by atoms with E-state index in [9.17, 15) is 13.2 Å². The number of nitrogens with zero attached hydrogens (tertiary/aromatic N) is 2. The summed E-state index contributed by atoms with van der Waals surface area (Å²) in [7, 11) is 0.0117. The molecule has 1 aliphatic rings. The molecule has 134 valence electrons. The second-order valence-electron chi connectivity index (χ2n) is 6.16. The average Bonchev–Trinajstić information content (AvgIpc) is 2.60. The number of hydrogen-bond donors (Lipinski definition) is 0. The number of benzene rings is 1. The van der Waals surface area contributed by atoms with Gasteiger partial charge in [0, 0.05) is 39.7 Å². The fourth-order valence-corrected chi connectivity index (χ4v) is 4.35. The molecule has 1 aromatic carbocycles. The van der Waals surface area contributed by atoms with Gasteiger partial charge in [-0.05, 0) is 18.4 Å². The fraction of sp³-hybridized carbons (Fsp3) is 0.588. The van der Waals surface area contributed by atoms with Crippen LogP contribution in [-0.2, 0) is 26.1 Å². The van der Waals surface area contributed by atoms with Gasteiger partial charge in [-0.2, -0.15) is 0 Å². The number of ether oxygens (including phenoxy) is 1. The zero-order valence-electron chi connectivity index (χ0n) is 14.3. The lowest BCUT2D eigenvalue weighted by molar-refractivity contribution is -0.135. The molecule has 1 amide bonds. The summed E-state index contributed by atoms with van der Waals surface area (Å²) in [6.07, 6.45) is 1.15. The van der Waals surface area contributed by atoms with E-state index >= 15 is 0 Å². The van der Waals surface area contributed by atoms with Crippen molar-refractivity contribution < 1.29 is 17.9 Å². The van der Waals surface area contributed by atoms with E-state index in [-0.39, 0.29) is 24.2 Å². The summed E-state index contributed by atoms with van der Waals surface area (Å²) in [6.45, 7) is 1.58. The maximum absolute atomic E-state index is 12.6. The minimum Gasteiger partial charge on any atom is -0.384 e. The molecule has 1 saturated heterocycles. The van der Waals surface area contributed by atoms with Gasteiger partial charge in [-0.15, -0.1) is 0 Å². The Morgan fingerprint density at radius 1 is 1.25 bits per heavy atom. The van der Waals surface area contributed by atoms with Crippen LogP contribution in [0.4, 0.5) is 0 Å². The third-order valence-electron chi connectivity index (χ3n) is 4.38. The highest BCUT2D eigenvalue weighted by molar-refractivity contribution is 7.89. The van der Waals surface area contributed by atoms with E-state index in [1.807, 2.05) is 30.3 Å². The molecule has 0 bridgehead atoms. The molecule has 1 aliphatic heterocycles. The highest BCUT2D eigenvalue weighted by Gasteiger charge is 2.32. The number of piperidine rings is 1. The first-order valence-corrected chi connectivity index (χ1v) is 9.80. The van der Waals surface area contributed by atoms with Crippen LogP contribution in [-0.4, -0.2) is 63.1 Å². The Kier molecular flexibility index (Phi) is 6.77. The first-order valence-electron chi connectivity index (χ1n) is 8.19. The van der Waals surface area contributed by atoms with Crippen molar-refractivity contribution in [2.75, 3.05) is 39.6 Å². The Balaban J connectivity index is 1.86. The van der Waals surface area contributed by atoms with E-state index in [2.05, 4.69) is 0 Å². The molecule has 1 aromatic rings. The fourth-order valence-electron chi connectivity index (χ4n) is 2.95. The molecular weight excluding hydrogens is 328 g/mol. The smallest absolute Gasteiger partial charge is 0.225 e. The van der Waals surface area contributed by atoms with E-state index in [0.717, 1.165) is 5.56 Å². The zero-order valence-corrected chi connectivity index (χ0v) is 15.2. The van der Waals surface area contributed by atoms with Crippen LogP contribution in [0.25, 0.3) is 0 Å². The second kappa shape index (κ2) is 8.60. The van der Waals surface area contributed by atoms with Crippen LogP contribution in [0.3, 0.4) is 0 Å². The van der Waals surface area contributed by atoms with E-state index in [4.69, 9.17) is 4.74 Å². The van der Waals surface area contributed by atoms with Gasteiger partial charge in [-0.3, -0.25) is 4.79 Å². The van der Waals surface area contributed by atoms with Crippen molar-refractivity contribution in [3.8, 4) is 0 Å². The Hall–Kier alpha value is -1.44. The summed E-state index contributed by atoms with van der Waals surface area (Å²) in [5, 5.41) is 0. The van der Waals surface area contributed by atoms with Gasteiger partial charge in [0.15, 0.2) is 0 Å². The maximum Gasteiger partial charge on any atom is 0.225 e. The number of sulfonamides is 1. The number of rotatable bonds is 7. The van der Waals surface area contributed by atoms with Crippen LogP contribution in [0.5, 0.6) is 0 Å². The van der Waals surface area contributed by atoms with E-state index < -0.39 is 10.0 Å². The zero-order chi connectivity index (χ0) is 17.6. The van der Waals surface area contributed by atoms with Crippen molar-refractivity contribution in [2.24, 2.45) is 5.92 Å². The first-order chi connectivity index (χ1) is 11.4. The molecule has 1 heterocycles. The SMILES string of the molecule is COCCS(=O)(=O)N1CCC(C(=O)N(C)Cc2ccccc2)CC1. The highest BCUT2D eigenvalue weighted by atomic mass is 32.2. The number of methoxy groups -OCH3 is 1. The van der Waals surface area contributed by atoms with Crippen molar-refractivity contribution in [3.63, 3.8) is 0 Å². The number of amides is 1. The molecule has 0 atom stereocenters. The second-order valence-corrected chi connectivity index (χ2v) is 8.25. The van der Waals surface area contributed by atoms with Crippen molar-refractivity contribution >= 4 is 15.9 Å². The molecule has 0 spiro atoms. The van der Waals surface area contributed by atoms with Crippen molar-refractivity contribution in [3.05, 3.63) is 35.9 Å². The predicted molar refractivity (Wildman–Crippen MR) is 92.9 cm³/mol. The van der Waals surface area contributed by atoms with Crippen LogP contribution in [0.1, 0.15) is 18.4 Å². The van der Waals surface area contributed by atoms with E-state index in [1.54, 1.807) is 11.9 Å². The Labute approximate surface area is 144 Å². The standard InChI is InChI=1S/C17H26N2O4S/c1-18(14-15-6-4-3-5-7-15)17(20)16-8-10-19(11-9-16)24(21,22)13-12-23-2/h3-7,16H,8-14H2,1-2H3. The van der Waals surface area contributed by atoms with Gasteiger partial charge < -0.3 is 9.64 Å². The van der Waals surface area contributed by atoms with Gasteiger partial charge in [0.25, 0.3) is 0 Å². The molecule has 0 unspecified atom stereocenters. The van der Waals surface area contributed by atoms with Crippen molar-refractivity contribution in [1.82, 2.24) is 9.21 Å². The molecule has 1 fully saturated rings.